The predicted octanol–water partition coefficient (Wildman–Crippen LogP) is 2.01. The van der Waals surface area contributed by atoms with Gasteiger partial charge in [-0.1, -0.05) is 6.42 Å². The zero-order chi connectivity index (χ0) is 12.8. The molecule has 2 atom stereocenters. The van der Waals surface area contributed by atoms with Gasteiger partial charge in [-0.2, -0.15) is 0 Å². The van der Waals surface area contributed by atoms with Gasteiger partial charge >= 0.3 is 0 Å². The molecule has 2 N–H and O–H groups in total. The van der Waals surface area contributed by atoms with Gasteiger partial charge in [0, 0.05) is 18.6 Å². The third-order valence-corrected chi connectivity index (χ3v) is 5.16. The van der Waals surface area contributed by atoms with E-state index in [-0.39, 0.29) is 5.91 Å². The second-order valence-corrected chi connectivity index (χ2v) is 7.01. The number of hydrogen-bond acceptors (Lipinski definition) is 2. The van der Waals surface area contributed by atoms with E-state index in [0.29, 0.717) is 0 Å². The fourth-order valence-electron chi connectivity index (χ4n) is 3.07. The van der Waals surface area contributed by atoms with Gasteiger partial charge in [0.05, 0.1) is 5.41 Å². The molecule has 2 rings (SSSR count). The SMILES string of the molecule is CC(C)(N)C(C)(C)C(=O)N1CC2CCCC2C1. The van der Waals surface area contributed by atoms with Crippen molar-refractivity contribution in [2.24, 2.45) is 23.0 Å². The molecule has 0 aromatic heterocycles. The highest BCUT2D eigenvalue weighted by Gasteiger charge is 2.46. The van der Waals surface area contributed by atoms with E-state index in [0.717, 1.165) is 24.9 Å². The Kier molecular flexibility index (Phi) is 3.01. The summed E-state index contributed by atoms with van der Waals surface area (Å²) in [5, 5.41) is 0. The summed E-state index contributed by atoms with van der Waals surface area (Å²) in [5.41, 5.74) is 5.20. The molecule has 1 saturated carbocycles. The van der Waals surface area contributed by atoms with E-state index in [1.54, 1.807) is 0 Å². The van der Waals surface area contributed by atoms with E-state index in [1.807, 2.05) is 27.7 Å². The van der Waals surface area contributed by atoms with Crippen molar-refractivity contribution < 1.29 is 4.79 Å². The topological polar surface area (TPSA) is 46.3 Å². The first kappa shape index (κ1) is 12.9. The number of likely N-dealkylation sites (tertiary alicyclic amines) is 1. The number of rotatable bonds is 2. The Morgan fingerprint density at radius 1 is 1.12 bits per heavy atom. The average molecular weight is 238 g/mol. The van der Waals surface area contributed by atoms with Crippen LogP contribution in [0.5, 0.6) is 0 Å². The maximum absolute atomic E-state index is 12.6. The molecule has 0 aromatic carbocycles. The molecule has 0 bridgehead atoms. The number of nitrogens with zero attached hydrogens (tertiary/aromatic N) is 1. The Morgan fingerprint density at radius 2 is 1.59 bits per heavy atom. The molecule has 1 saturated heterocycles. The molecular formula is C14H26N2O. The highest BCUT2D eigenvalue weighted by Crippen LogP contribution is 2.40. The van der Waals surface area contributed by atoms with Crippen molar-refractivity contribution in [2.45, 2.75) is 52.5 Å². The van der Waals surface area contributed by atoms with Gasteiger partial charge in [0.25, 0.3) is 0 Å². The number of fused-ring (bicyclic) bond motifs is 1. The molecule has 0 radical (unpaired) electrons. The quantitative estimate of drug-likeness (QED) is 0.800. The lowest BCUT2D eigenvalue weighted by molar-refractivity contribution is -0.142. The summed E-state index contributed by atoms with van der Waals surface area (Å²) in [7, 11) is 0. The zero-order valence-electron chi connectivity index (χ0n) is 11.6. The number of nitrogens with two attached hydrogens (primary N) is 1. The van der Waals surface area contributed by atoms with Gasteiger partial charge in [0.1, 0.15) is 0 Å². The summed E-state index contributed by atoms with van der Waals surface area (Å²) in [6, 6.07) is 0. The molecule has 2 aliphatic rings. The lowest BCUT2D eigenvalue weighted by Crippen LogP contribution is -2.56. The Morgan fingerprint density at radius 3 is 2.00 bits per heavy atom. The normalized spacial score (nSPS) is 29.6. The lowest BCUT2D eigenvalue weighted by Gasteiger charge is -2.39. The van der Waals surface area contributed by atoms with E-state index >= 15 is 0 Å². The summed E-state index contributed by atoms with van der Waals surface area (Å²) in [6.07, 6.45) is 3.96. The van der Waals surface area contributed by atoms with Crippen LogP contribution in [0.3, 0.4) is 0 Å². The average Bonchev–Trinajstić information content (AvgIpc) is 2.73. The van der Waals surface area contributed by atoms with E-state index < -0.39 is 11.0 Å². The third-order valence-electron chi connectivity index (χ3n) is 5.16. The van der Waals surface area contributed by atoms with Crippen molar-refractivity contribution in [1.82, 2.24) is 4.90 Å². The van der Waals surface area contributed by atoms with Gasteiger partial charge in [-0.3, -0.25) is 4.79 Å². The molecular weight excluding hydrogens is 212 g/mol. The van der Waals surface area contributed by atoms with Crippen LogP contribution in [0.2, 0.25) is 0 Å². The fourth-order valence-corrected chi connectivity index (χ4v) is 3.07. The van der Waals surface area contributed by atoms with Crippen molar-refractivity contribution in [2.75, 3.05) is 13.1 Å². The van der Waals surface area contributed by atoms with E-state index in [2.05, 4.69) is 4.90 Å². The molecule has 0 aromatic rings. The van der Waals surface area contributed by atoms with E-state index in [4.69, 9.17) is 5.73 Å². The van der Waals surface area contributed by atoms with Crippen molar-refractivity contribution in [3.8, 4) is 0 Å². The highest BCUT2D eigenvalue weighted by molar-refractivity contribution is 5.83. The summed E-state index contributed by atoms with van der Waals surface area (Å²) >= 11 is 0. The highest BCUT2D eigenvalue weighted by atomic mass is 16.2. The molecule has 98 valence electrons. The molecule has 2 unspecified atom stereocenters. The second-order valence-electron chi connectivity index (χ2n) is 7.01. The summed E-state index contributed by atoms with van der Waals surface area (Å²) < 4.78 is 0. The molecule has 3 heteroatoms. The van der Waals surface area contributed by atoms with Crippen LogP contribution < -0.4 is 5.73 Å². The summed E-state index contributed by atoms with van der Waals surface area (Å²) in [4.78, 5) is 14.6. The van der Waals surface area contributed by atoms with Gasteiger partial charge < -0.3 is 10.6 Å². The van der Waals surface area contributed by atoms with Crippen LogP contribution in [-0.2, 0) is 4.79 Å². The van der Waals surface area contributed by atoms with Crippen LogP contribution >= 0.6 is 0 Å². The number of carbonyl (C=O) groups is 1. The van der Waals surface area contributed by atoms with Crippen LogP contribution in [0.25, 0.3) is 0 Å². The van der Waals surface area contributed by atoms with Gasteiger partial charge in [0.2, 0.25) is 5.91 Å². The van der Waals surface area contributed by atoms with Crippen molar-refractivity contribution in [3.63, 3.8) is 0 Å². The fraction of sp³-hybridized carbons (Fsp3) is 0.929. The predicted molar refractivity (Wildman–Crippen MR) is 69.5 cm³/mol. The Hall–Kier alpha value is -0.570. The van der Waals surface area contributed by atoms with Crippen LogP contribution in [-0.4, -0.2) is 29.4 Å². The molecule has 1 aliphatic carbocycles. The monoisotopic (exact) mass is 238 g/mol. The molecule has 0 spiro atoms. The number of carbonyl (C=O) groups excluding carboxylic acids is 1. The molecule has 2 fully saturated rings. The standard InChI is InChI=1S/C14H26N2O/c1-13(2,14(3,4)15)12(17)16-8-10-6-5-7-11(10)9-16/h10-11H,5-9,15H2,1-4H3. The summed E-state index contributed by atoms with van der Waals surface area (Å²) in [6.45, 7) is 9.77. The largest absolute Gasteiger partial charge is 0.342 e. The molecule has 17 heavy (non-hydrogen) atoms. The minimum absolute atomic E-state index is 0.236. The van der Waals surface area contributed by atoms with Gasteiger partial charge in [-0.05, 0) is 52.4 Å². The lowest BCUT2D eigenvalue weighted by atomic mass is 9.74. The van der Waals surface area contributed by atoms with Crippen molar-refractivity contribution in [3.05, 3.63) is 0 Å². The third kappa shape index (κ3) is 2.10. The van der Waals surface area contributed by atoms with E-state index in [9.17, 15) is 4.79 Å². The summed E-state index contributed by atoms with van der Waals surface area (Å²) in [5.74, 6) is 1.76. The van der Waals surface area contributed by atoms with E-state index in [1.165, 1.54) is 19.3 Å². The van der Waals surface area contributed by atoms with Crippen molar-refractivity contribution in [1.29, 1.82) is 0 Å². The second kappa shape index (κ2) is 3.98. The molecule has 1 heterocycles. The van der Waals surface area contributed by atoms with Gasteiger partial charge in [-0.25, -0.2) is 0 Å². The first-order valence-corrected chi connectivity index (χ1v) is 6.82. The van der Waals surface area contributed by atoms with Gasteiger partial charge in [0.15, 0.2) is 0 Å². The molecule has 1 amide bonds. The Labute approximate surface area is 105 Å². The minimum Gasteiger partial charge on any atom is -0.342 e. The zero-order valence-corrected chi connectivity index (χ0v) is 11.6. The van der Waals surface area contributed by atoms with Crippen LogP contribution in [0.1, 0.15) is 47.0 Å². The molecule has 1 aliphatic heterocycles. The first-order chi connectivity index (χ1) is 7.73. The number of hydrogen-bond donors (Lipinski definition) is 1. The van der Waals surface area contributed by atoms with Crippen LogP contribution in [0.15, 0.2) is 0 Å². The van der Waals surface area contributed by atoms with Crippen molar-refractivity contribution >= 4 is 5.91 Å². The maximum Gasteiger partial charge on any atom is 0.230 e. The smallest absolute Gasteiger partial charge is 0.230 e. The maximum atomic E-state index is 12.6. The molecule has 3 nitrogen and oxygen atoms in total. The number of amides is 1. The van der Waals surface area contributed by atoms with Crippen LogP contribution in [0.4, 0.5) is 0 Å². The van der Waals surface area contributed by atoms with Gasteiger partial charge in [-0.15, -0.1) is 0 Å². The Bertz CT molecular complexity index is 305. The minimum atomic E-state index is -0.481. The first-order valence-electron chi connectivity index (χ1n) is 6.82. The Balaban J connectivity index is 2.07. The van der Waals surface area contributed by atoms with Crippen LogP contribution in [0, 0.1) is 17.3 Å².